The first-order valence-electron chi connectivity index (χ1n) is 11.9. The van der Waals surface area contributed by atoms with Crippen LogP contribution >= 0.6 is 11.3 Å². The lowest BCUT2D eigenvalue weighted by atomic mass is 9.90. The summed E-state index contributed by atoms with van der Waals surface area (Å²) in [5.41, 5.74) is 8.71. The number of benzene rings is 2. The number of fused-ring (bicyclic) bond motifs is 2. The predicted octanol–water partition coefficient (Wildman–Crippen LogP) is 3.84. The molecule has 0 saturated carbocycles. The zero-order valence-corrected chi connectivity index (χ0v) is 20.7. The fraction of sp³-hybridized carbons (Fsp3) is 0.269. The van der Waals surface area contributed by atoms with E-state index < -0.39 is 23.8 Å². The third-order valence-corrected chi connectivity index (χ3v) is 8.45. The second kappa shape index (κ2) is 8.75. The van der Waals surface area contributed by atoms with Gasteiger partial charge in [0.1, 0.15) is 22.7 Å². The van der Waals surface area contributed by atoms with Gasteiger partial charge < -0.3 is 20.5 Å². The number of anilines is 2. The number of amides is 2. The summed E-state index contributed by atoms with van der Waals surface area (Å²) in [5, 5.41) is 11.4. The lowest BCUT2D eigenvalue weighted by Crippen LogP contribution is -2.58. The Labute approximate surface area is 219 Å². The molecule has 3 aliphatic heterocycles. The number of nitrogen functional groups attached to an aromatic ring is 1. The fourth-order valence-corrected chi connectivity index (χ4v) is 6.67. The van der Waals surface area contributed by atoms with Gasteiger partial charge in [-0.25, -0.2) is 13.2 Å². The molecule has 2 amide bonds. The normalized spacial score (nSPS) is 20.6. The highest BCUT2D eigenvalue weighted by Gasteiger charge is 2.42. The number of carbonyl (C=O) groups excluding carboxylic acids is 2. The molecular weight excluding hydrogens is 517 g/mol. The van der Waals surface area contributed by atoms with Crippen LogP contribution < -0.4 is 16.2 Å². The van der Waals surface area contributed by atoms with Crippen molar-refractivity contribution in [2.75, 3.05) is 36.9 Å². The first kappa shape index (κ1) is 24.3. The fourth-order valence-electron chi connectivity index (χ4n) is 5.72. The number of hydrogen-bond donors (Lipinski definition) is 2. The van der Waals surface area contributed by atoms with Gasteiger partial charge in [0.2, 0.25) is 5.91 Å². The summed E-state index contributed by atoms with van der Waals surface area (Å²) >= 11 is 0.864. The molecule has 0 aliphatic carbocycles. The smallest absolute Gasteiger partial charge is 0.256 e. The number of hydrazine groups is 1. The number of nitrogens with two attached hydrogens (primary N) is 1. The highest BCUT2D eigenvalue weighted by molar-refractivity contribution is 7.23. The maximum Gasteiger partial charge on any atom is 0.256 e. The minimum atomic E-state index is -1.86. The molecule has 38 heavy (non-hydrogen) atoms. The maximum atomic E-state index is 16.0. The number of nitrogens with one attached hydrogen (secondary N) is 1. The van der Waals surface area contributed by atoms with E-state index in [4.69, 9.17) is 5.73 Å². The first-order chi connectivity index (χ1) is 18.2. The molecule has 1 saturated heterocycles. The zero-order chi connectivity index (χ0) is 26.9. The van der Waals surface area contributed by atoms with Crippen LogP contribution in [-0.4, -0.2) is 53.8 Å². The average Bonchev–Trinajstić information content (AvgIpc) is 3.42. The Balaban J connectivity index is 1.53. The van der Waals surface area contributed by atoms with Gasteiger partial charge in [-0.1, -0.05) is 12.6 Å². The van der Waals surface area contributed by atoms with Crippen LogP contribution in [0.4, 0.5) is 23.9 Å². The van der Waals surface area contributed by atoms with Crippen LogP contribution in [0.15, 0.2) is 30.9 Å². The molecule has 2 atom stereocenters. The molecular formula is C26H21F3N6O2S. The molecule has 2 aromatic carbocycles. The van der Waals surface area contributed by atoms with E-state index in [0.29, 0.717) is 13.0 Å². The number of thiophene rings is 1. The number of alkyl halides is 1. The van der Waals surface area contributed by atoms with E-state index >= 15 is 8.78 Å². The Hall–Kier alpha value is -4.08. The predicted molar refractivity (Wildman–Crippen MR) is 137 cm³/mol. The molecule has 0 radical (unpaired) electrons. The van der Waals surface area contributed by atoms with Gasteiger partial charge >= 0.3 is 0 Å². The SMILES string of the molecule is C=CC(=O)N1CCN2C(=O)c3cc(F)c(-c4ccc(F)c5sc(N)c(C#N)c45)c4c3N(CC[C@@H]2C1)NC4F. The van der Waals surface area contributed by atoms with Crippen molar-refractivity contribution in [2.45, 2.75) is 18.8 Å². The van der Waals surface area contributed by atoms with E-state index in [9.17, 15) is 19.2 Å². The molecule has 4 heterocycles. The van der Waals surface area contributed by atoms with E-state index in [1.165, 1.54) is 17.2 Å². The van der Waals surface area contributed by atoms with Gasteiger partial charge in [-0.05, 0) is 30.2 Å². The number of nitrogens with zero attached hydrogens (tertiary/aromatic N) is 4. The van der Waals surface area contributed by atoms with E-state index in [1.54, 1.807) is 9.80 Å². The van der Waals surface area contributed by atoms with Gasteiger partial charge in [0.05, 0.1) is 27.6 Å². The van der Waals surface area contributed by atoms with Crippen LogP contribution in [0.5, 0.6) is 0 Å². The van der Waals surface area contributed by atoms with Gasteiger partial charge in [-0.15, -0.1) is 11.3 Å². The van der Waals surface area contributed by atoms with Crippen molar-refractivity contribution < 1.29 is 22.8 Å². The molecule has 8 nitrogen and oxygen atoms in total. The van der Waals surface area contributed by atoms with Crippen LogP contribution in [0.1, 0.15) is 34.2 Å². The van der Waals surface area contributed by atoms with Crippen LogP contribution in [0.25, 0.3) is 21.2 Å². The minimum Gasteiger partial charge on any atom is -0.389 e. The summed E-state index contributed by atoms with van der Waals surface area (Å²) in [6.07, 6.45) is -0.212. The van der Waals surface area contributed by atoms with Gasteiger partial charge in [0.25, 0.3) is 5.91 Å². The zero-order valence-electron chi connectivity index (χ0n) is 19.9. The monoisotopic (exact) mass is 538 g/mol. The molecule has 3 N–H and O–H groups in total. The number of nitriles is 1. The molecule has 6 rings (SSSR count). The Morgan fingerprint density at radius 3 is 2.76 bits per heavy atom. The van der Waals surface area contributed by atoms with E-state index in [0.717, 1.165) is 23.5 Å². The molecule has 3 aromatic rings. The van der Waals surface area contributed by atoms with Crippen molar-refractivity contribution in [3.05, 3.63) is 59.2 Å². The van der Waals surface area contributed by atoms with Gasteiger partial charge in [0.15, 0.2) is 6.30 Å². The van der Waals surface area contributed by atoms with Gasteiger partial charge in [-0.2, -0.15) is 10.7 Å². The molecule has 1 unspecified atom stereocenters. The van der Waals surface area contributed by atoms with Crippen LogP contribution in [0, 0.1) is 23.0 Å². The molecule has 1 fully saturated rings. The summed E-state index contributed by atoms with van der Waals surface area (Å²) in [7, 11) is 0. The molecule has 0 bridgehead atoms. The summed E-state index contributed by atoms with van der Waals surface area (Å²) in [5.74, 6) is -2.21. The topological polar surface area (TPSA) is 106 Å². The Bertz CT molecular complexity index is 1600. The Morgan fingerprint density at radius 2 is 2.03 bits per heavy atom. The number of rotatable bonds is 2. The molecule has 3 aliphatic rings. The van der Waals surface area contributed by atoms with Crippen molar-refractivity contribution in [1.29, 1.82) is 5.26 Å². The van der Waals surface area contributed by atoms with Crippen molar-refractivity contribution in [1.82, 2.24) is 15.2 Å². The maximum absolute atomic E-state index is 16.0. The largest absolute Gasteiger partial charge is 0.389 e. The third kappa shape index (κ3) is 3.39. The number of halogens is 3. The van der Waals surface area contributed by atoms with Gasteiger partial charge in [-0.3, -0.25) is 9.59 Å². The lowest BCUT2D eigenvalue weighted by molar-refractivity contribution is -0.128. The summed E-state index contributed by atoms with van der Waals surface area (Å²) in [6, 6.07) is 5.11. The van der Waals surface area contributed by atoms with Crippen molar-refractivity contribution in [2.24, 2.45) is 0 Å². The minimum absolute atomic E-state index is 0.00853. The van der Waals surface area contributed by atoms with Crippen LogP contribution in [-0.2, 0) is 4.79 Å². The van der Waals surface area contributed by atoms with E-state index in [1.807, 2.05) is 6.07 Å². The summed E-state index contributed by atoms with van der Waals surface area (Å²) in [6.45, 7) is 4.63. The standard InChI is InChI=1S/C26H21F3N6O2S/c1-2-18(36)33-7-8-34-12(11-33)5-6-35-22-14(26(34)37)9-17(28)20(21(22)24(29)32-35)13-3-4-16(27)23-19(13)15(10-30)25(31)38-23/h2-4,9,12,24,32H,1,5-8,11,31H2/t12-,24?/m1/s1. The highest BCUT2D eigenvalue weighted by Crippen LogP contribution is 2.49. The quantitative estimate of drug-likeness (QED) is 0.380. The number of carbonyl (C=O) groups is 2. The number of piperazine rings is 1. The van der Waals surface area contributed by atoms with Crippen LogP contribution in [0.2, 0.25) is 0 Å². The van der Waals surface area contributed by atoms with Crippen molar-refractivity contribution in [3.63, 3.8) is 0 Å². The highest BCUT2D eigenvalue weighted by atomic mass is 32.1. The van der Waals surface area contributed by atoms with Crippen molar-refractivity contribution in [3.8, 4) is 17.2 Å². The van der Waals surface area contributed by atoms with Crippen LogP contribution in [0.3, 0.4) is 0 Å². The molecule has 0 spiro atoms. The molecule has 194 valence electrons. The lowest BCUT2D eigenvalue weighted by Gasteiger charge is -2.43. The first-order valence-corrected chi connectivity index (χ1v) is 12.7. The van der Waals surface area contributed by atoms with E-state index in [-0.39, 0.29) is 80.2 Å². The Kier molecular flexibility index (Phi) is 5.59. The number of hydrogen-bond acceptors (Lipinski definition) is 7. The Morgan fingerprint density at radius 1 is 1.24 bits per heavy atom. The summed E-state index contributed by atoms with van der Waals surface area (Å²) in [4.78, 5) is 29.1. The average molecular weight is 539 g/mol. The molecule has 1 aromatic heterocycles. The van der Waals surface area contributed by atoms with Crippen molar-refractivity contribution >= 4 is 43.9 Å². The third-order valence-electron chi connectivity index (χ3n) is 7.43. The molecule has 12 heteroatoms. The summed E-state index contributed by atoms with van der Waals surface area (Å²) < 4.78 is 46.3. The second-order valence-electron chi connectivity index (χ2n) is 9.37. The van der Waals surface area contributed by atoms with E-state index in [2.05, 4.69) is 12.0 Å². The second-order valence-corrected chi connectivity index (χ2v) is 10.4. The van der Waals surface area contributed by atoms with Gasteiger partial charge in [0, 0.05) is 42.7 Å².